The molecule has 0 aromatic heterocycles. The van der Waals surface area contributed by atoms with Crippen LogP contribution in [0.25, 0.3) is 0 Å². The molecule has 0 bridgehead atoms. The number of rotatable bonds is 9. The maximum Gasteiger partial charge on any atom is 0.230 e. The lowest BCUT2D eigenvalue weighted by Gasteiger charge is -2.29. The van der Waals surface area contributed by atoms with Crippen LogP contribution in [0.4, 0.5) is 0 Å². The van der Waals surface area contributed by atoms with Crippen molar-refractivity contribution in [3.05, 3.63) is 0 Å². The zero-order valence-corrected chi connectivity index (χ0v) is 16.6. The number of hydrogen-bond donors (Lipinski definition) is 3. The van der Waals surface area contributed by atoms with Crippen molar-refractivity contribution >= 4 is 17.8 Å². The molecule has 0 radical (unpaired) electrons. The Bertz CT molecular complexity index is 508. The number of nitrogens with one attached hydrogen (secondary N) is 3. The normalized spacial score (nSPS) is 19.1. The fourth-order valence-corrected chi connectivity index (χ4v) is 3.52. The number of hydrogen-bond acceptors (Lipinski definition) is 3. The Labute approximate surface area is 157 Å². The van der Waals surface area contributed by atoms with Crippen molar-refractivity contribution in [1.29, 1.82) is 0 Å². The molecule has 0 aromatic rings. The van der Waals surface area contributed by atoms with Gasteiger partial charge in [0.15, 0.2) is 5.96 Å². The number of carbonyl (C=O) groups excluding carboxylic acids is 2. The van der Waals surface area contributed by atoms with E-state index in [0.29, 0.717) is 25.6 Å². The first-order chi connectivity index (χ1) is 12.5. The van der Waals surface area contributed by atoms with Crippen molar-refractivity contribution in [2.24, 2.45) is 10.4 Å². The summed E-state index contributed by atoms with van der Waals surface area (Å²) in [6.45, 7) is 4.00. The van der Waals surface area contributed by atoms with E-state index in [1.807, 2.05) is 21.0 Å². The second kappa shape index (κ2) is 9.78. The van der Waals surface area contributed by atoms with Crippen molar-refractivity contribution in [3.8, 4) is 0 Å². The van der Waals surface area contributed by atoms with Crippen molar-refractivity contribution in [1.82, 2.24) is 20.9 Å². The van der Waals surface area contributed by atoms with Crippen LogP contribution in [-0.4, -0.2) is 62.4 Å². The smallest absolute Gasteiger partial charge is 0.230 e. The summed E-state index contributed by atoms with van der Waals surface area (Å²) < 4.78 is 0. The van der Waals surface area contributed by atoms with Crippen LogP contribution in [-0.2, 0) is 9.59 Å². The highest BCUT2D eigenvalue weighted by atomic mass is 16.2. The lowest BCUT2D eigenvalue weighted by atomic mass is 9.85. The van der Waals surface area contributed by atoms with Gasteiger partial charge in [-0.15, -0.1) is 0 Å². The average Bonchev–Trinajstić information content (AvgIpc) is 3.29. The molecule has 7 nitrogen and oxygen atoms in total. The van der Waals surface area contributed by atoms with Crippen LogP contribution in [0.5, 0.6) is 0 Å². The standard InChI is InChI=1S/C19H35N5O2/c1-4-20-18(21-13-7-8-16(25)23-15-9-10-15)22-14-19(11-5-6-12-19)17(26)24(2)3/h15H,4-14H2,1-3H3,(H,23,25)(H2,20,21,22). The number of aliphatic imine (C=N–C) groups is 1. The van der Waals surface area contributed by atoms with Gasteiger partial charge in [-0.25, -0.2) is 0 Å². The molecule has 0 atom stereocenters. The van der Waals surface area contributed by atoms with Gasteiger partial charge in [0.25, 0.3) is 0 Å². The molecule has 2 rings (SSSR count). The van der Waals surface area contributed by atoms with Crippen molar-refractivity contribution in [3.63, 3.8) is 0 Å². The zero-order chi connectivity index (χ0) is 19.0. The fourth-order valence-electron chi connectivity index (χ4n) is 3.52. The largest absolute Gasteiger partial charge is 0.357 e. The van der Waals surface area contributed by atoms with E-state index in [9.17, 15) is 9.59 Å². The molecule has 0 spiro atoms. The van der Waals surface area contributed by atoms with Crippen molar-refractivity contribution in [2.45, 2.75) is 64.3 Å². The predicted molar refractivity (Wildman–Crippen MR) is 104 cm³/mol. The van der Waals surface area contributed by atoms with Gasteiger partial charge < -0.3 is 20.9 Å². The summed E-state index contributed by atoms with van der Waals surface area (Å²) >= 11 is 0. The summed E-state index contributed by atoms with van der Waals surface area (Å²) in [6.07, 6.45) is 7.55. The minimum atomic E-state index is -0.351. The molecule has 0 aliphatic heterocycles. The first kappa shape index (κ1) is 20.5. The van der Waals surface area contributed by atoms with E-state index < -0.39 is 0 Å². The maximum absolute atomic E-state index is 12.6. The Morgan fingerprint density at radius 3 is 2.42 bits per heavy atom. The van der Waals surface area contributed by atoms with Crippen LogP contribution in [0.3, 0.4) is 0 Å². The van der Waals surface area contributed by atoms with Gasteiger partial charge in [-0.2, -0.15) is 0 Å². The first-order valence-corrected chi connectivity index (χ1v) is 10.00. The molecule has 0 aromatic carbocycles. The van der Waals surface area contributed by atoms with E-state index in [0.717, 1.165) is 57.5 Å². The highest BCUT2D eigenvalue weighted by molar-refractivity contribution is 5.84. The summed E-state index contributed by atoms with van der Waals surface area (Å²) in [5.74, 6) is 1.05. The number of carbonyl (C=O) groups is 2. The first-order valence-electron chi connectivity index (χ1n) is 10.00. The molecule has 2 saturated carbocycles. The van der Waals surface area contributed by atoms with Crippen LogP contribution in [0.15, 0.2) is 4.99 Å². The van der Waals surface area contributed by atoms with Crippen LogP contribution in [0.2, 0.25) is 0 Å². The second-order valence-electron chi connectivity index (χ2n) is 7.75. The Morgan fingerprint density at radius 2 is 1.85 bits per heavy atom. The van der Waals surface area contributed by atoms with Crippen LogP contribution in [0, 0.1) is 5.41 Å². The summed E-state index contributed by atoms with van der Waals surface area (Å²) in [5.41, 5.74) is -0.351. The Morgan fingerprint density at radius 1 is 1.15 bits per heavy atom. The molecule has 0 saturated heterocycles. The van der Waals surface area contributed by atoms with Gasteiger partial charge >= 0.3 is 0 Å². The van der Waals surface area contributed by atoms with Crippen LogP contribution in [0.1, 0.15) is 58.3 Å². The summed E-state index contributed by atoms with van der Waals surface area (Å²) in [7, 11) is 3.64. The van der Waals surface area contributed by atoms with E-state index in [2.05, 4.69) is 16.0 Å². The SMILES string of the molecule is CCNC(=NCC1(C(=O)N(C)C)CCCC1)NCCCC(=O)NC1CC1. The van der Waals surface area contributed by atoms with Gasteiger partial charge in [0.1, 0.15) is 0 Å². The monoisotopic (exact) mass is 365 g/mol. The summed E-state index contributed by atoms with van der Waals surface area (Å²) in [6, 6.07) is 0.422. The molecular formula is C19H35N5O2. The number of nitrogens with zero attached hydrogens (tertiary/aromatic N) is 2. The molecule has 2 aliphatic rings. The lowest BCUT2D eigenvalue weighted by Crippen LogP contribution is -2.43. The molecule has 0 unspecified atom stereocenters. The molecule has 0 heterocycles. The minimum absolute atomic E-state index is 0.137. The Hall–Kier alpha value is -1.79. The lowest BCUT2D eigenvalue weighted by molar-refractivity contribution is -0.138. The maximum atomic E-state index is 12.6. The van der Waals surface area contributed by atoms with Crippen LogP contribution >= 0.6 is 0 Å². The Kier molecular flexibility index (Phi) is 7.72. The Balaban J connectivity index is 1.82. The van der Waals surface area contributed by atoms with Gasteiger partial charge in [0.2, 0.25) is 11.8 Å². The highest BCUT2D eigenvalue weighted by Gasteiger charge is 2.42. The van der Waals surface area contributed by atoms with E-state index in [-0.39, 0.29) is 17.2 Å². The minimum Gasteiger partial charge on any atom is -0.357 e. The van der Waals surface area contributed by atoms with Crippen molar-refractivity contribution < 1.29 is 9.59 Å². The highest BCUT2D eigenvalue weighted by Crippen LogP contribution is 2.39. The van der Waals surface area contributed by atoms with Gasteiger partial charge in [-0.05, 0) is 39.0 Å². The third-order valence-electron chi connectivity index (χ3n) is 5.12. The quantitative estimate of drug-likeness (QED) is 0.326. The number of guanidine groups is 1. The molecule has 2 fully saturated rings. The molecular weight excluding hydrogens is 330 g/mol. The van der Waals surface area contributed by atoms with E-state index in [1.165, 1.54) is 0 Å². The van der Waals surface area contributed by atoms with Crippen LogP contribution < -0.4 is 16.0 Å². The van der Waals surface area contributed by atoms with Gasteiger partial charge in [0, 0.05) is 39.6 Å². The zero-order valence-electron chi connectivity index (χ0n) is 16.6. The predicted octanol–water partition coefficient (Wildman–Crippen LogP) is 1.25. The van der Waals surface area contributed by atoms with E-state index >= 15 is 0 Å². The average molecular weight is 366 g/mol. The molecule has 3 N–H and O–H groups in total. The third-order valence-corrected chi connectivity index (χ3v) is 5.12. The fraction of sp³-hybridized carbons (Fsp3) is 0.842. The van der Waals surface area contributed by atoms with E-state index in [1.54, 1.807) is 4.90 Å². The van der Waals surface area contributed by atoms with Gasteiger partial charge in [-0.1, -0.05) is 12.8 Å². The molecule has 2 aliphatic carbocycles. The third kappa shape index (κ3) is 6.18. The number of amides is 2. The second-order valence-corrected chi connectivity index (χ2v) is 7.75. The molecule has 26 heavy (non-hydrogen) atoms. The van der Waals surface area contributed by atoms with Gasteiger partial charge in [0.05, 0.1) is 12.0 Å². The molecule has 148 valence electrons. The topological polar surface area (TPSA) is 85.8 Å². The summed E-state index contributed by atoms with van der Waals surface area (Å²) in [5, 5.41) is 9.53. The summed E-state index contributed by atoms with van der Waals surface area (Å²) in [4.78, 5) is 30.7. The van der Waals surface area contributed by atoms with E-state index in [4.69, 9.17) is 4.99 Å². The molecule has 2 amide bonds. The molecule has 7 heteroatoms. The van der Waals surface area contributed by atoms with Gasteiger partial charge in [-0.3, -0.25) is 14.6 Å². The van der Waals surface area contributed by atoms with Crippen molar-refractivity contribution in [2.75, 3.05) is 33.7 Å².